The predicted molar refractivity (Wildman–Crippen MR) is 105 cm³/mol. The highest BCUT2D eigenvalue weighted by Crippen LogP contribution is 2.29. The minimum Gasteiger partial charge on any atom is -0.353 e. The van der Waals surface area contributed by atoms with Crippen molar-refractivity contribution in [1.29, 1.82) is 0 Å². The maximum absolute atomic E-state index is 14.0. The highest BCUT2D eigenvalue weighted by molar-refractivity contribution is 7.88. The summed E-state index contributed by atoms with van der Waals surface area (Å²) in [5.41, 5.74) is 1.88. The van der Waals surface area contributed by atoms with E-state index < -0.39 is 15.8 Å². The lowest BCUT2D eigenvalue weighted by Crippen LogP contribution is -2.49. The average molecular weight is 407 g/mol. The van der Waals surface area contributed by atoms with Crippen molar-refractivity contribution in [2.75, 3.05) is 31.1 Å². The standard InChI is InChI=1S/C18H19FN4O2S2/c1-13-2-3-14(15(19)10-13)11-27(24,25)23-7-5-22(6-8-23)18-17-16(4-9-26-17)20-12-21-18/h2-4,9-10,12H,5-8,11H2,1H3. The Kier molecular flexibility index (Phi) is 4.83. The maximum atomic E-state index is 14.0. The van der Waals surface area contributed by atoms with Crippen LogP contribution in [0, 0.1) is 12.7 Å². The van der Waals surface area contributed by atoms with Gasteiger partial charge in [-0.15, -0.1) is 11.3 Å². The van der Waals surface area contributed by atoms with E-state index in [1.54, 1.807) is 30.4 Å². The fraction of sp³-hybridized carbons (Fsp3) is 0.333. The van der Waals surface area contributed by atoms with Crippen LogP contribution >= 0.6 is 11.3 Å². The highest BCUT2D eigenvalue weighted by Gasteiger charge is 2.29. The quantitative estimate of drug-likeness (QED) is 0.667. The molecule has 1 aromatic carbocycles. The van der Waals surface area contributed by atoms with Gasteiger partial charge in [-0.25, -0.2) is 22.8 Å². The van der Waals surface area contributed by atoms with Gasteiger partial charge in [0.25, 0.3) is 0 Å². The van der Waals surface area contributed by atoms with Crippen molar-refractivity contribution in [2.24, 2.45) is 0 Å². The summed E-state index contributed by atoms with van der Waals surface area (Å²) in [5, 5.41) is 1.97. The molecule has 6 nitrogen and oxygen atoms in total. The second kappa shape index (κ2) is 7.14. The van der Waals surface area contributed by atoms with Crippen LogP contribution in [-0.4, -0.2) is 48.9 Å². The van der Waals surface area contributed by atoms with Gasteiger partial charge in [0.15, 0.2) is 0 Å². The Labute approximate surface area is 161 Å². The molecule has 0 aliphatic carbocycles. The first-order valence-corrected chi connectivity index (χ1v) is 11.1. The SMILES string of the molecule is Cc1ccc(CS(=O)(=O)N2CCN(c3ncnc4ccsc34)CC2)c(F)c1. The van der Waals surface area contributed by atoms with E-state index in [2.05, 4.69) is 14.9 Å². The average Bonchev–Trinajstić information content (AvgIpc) is 3.13. The molecule has 0 spiro atoms. The number of nitrogens with zero attached hydrogens (tertiary/aromatic N) is 4. The number of benzene rings is 1. The number of halogens is 1. The lowest BCUT2D eigenvalue weighted by molar-refractivity contribution is 0.383. The van der Waals surface area contributed by atoms with Gasteiger partial charge < -0.3 is 4.90 Å². The molecule has 1 aliphatic heterocycles. The molecule has 4 rings (SSSR count). The molecule has 0 unspecified atom stereocenters. The molecule has 142 valence electrons. The highest BCUT2D eigenvalue weighted by atomic mass is 32.2. The zero-order chi connectivity index (χ0) is 19.0. The van der Waals surface area contributed by atoms with Gasteiger partial charge in [0, 0.05) is 31.7 Å². The number of aryl methyl sites for hydroxylation is 1. The number of fused-ring (bicyclic) bond motifs is 1. The van der Waals surface area contributed by atoms with Crippen molar-refractivity contribution < 1.29 is 12.8 Å². The third kappa shape index (κ3) is 3.67. The molecule has 0 amide bonds. The summed E-state index contributed by atoms with van der Waals surface area (Å²) in [6, 6.07) is 6.59. The van der Waals surface area contributed by atoms with Gasteiger partial charge in [-0.05, 0) is 30.0 Å². The first kappa shape index (κ1) is 18.3. The third-order valence-electron chi connectivity index (χ3n) is 4.70. The molecule has 27 heavy (non-hydrogen) atoms. The fourth-order valence-corrected chi connectivity index (χ4v) is 5.63. The number of aromatic nitrogens is 2. The van der Waals surface area contributed by atoms with Crippen LogP contribution in [0.4, 0.5) is 10.2 Å². The Balaban J connectivity index is 1.47. The van der Waals surface area contributed by atoms with Gasteiger partial charge >= 0.3 is 0 Å². The monoisotopic (exact) mass is 406 g/mol. The molecule has 1 saturated heterocycles. The van der Waals surface area contributed by atoms with E-state index in [1.807, 2.05) is 11.4 Å². The number of piperazine rings is 1. The van der Waals surface area contributed by atoms with Crippen molar-refractivity contribution in [1.82, 2.24) is 14.3 Å². The summed E-state index contributed by atoms with van der Waals surface area (Å²) in [6.45, 7) is 3.57. The van der Waals surface area contributed by atoms with Gasteiger partial charge in [0.05, 0.1) is 16.0 Å². The molecule has 0 N–H and O–H groups in total. The van der Waals surface area contributed by atoms with E-state index in [9.17, 15) is 12.8 Å². The Morgan fingerprint density at radius 3 is 2.67 bits per heavy atom. The topological polar surface area (TPSA) is 66.4 Å². The van der Waals surface area contributed by atoms with Gasteiger partial charge in [0.1, 0.15) is 18.0 Å². The summed E-state index contributed by atoms with van der Waals surface area (Å²) in [7, 11) is -3.57. The second-order valence-corrected chi connectivity index (χ2v) is 9.45. The molecule has 2 aromatic heterocycles. The minimum absolute atomic E-state index is 0.208. The second-order valence-electron chi connectivity index (χ2n) is 6.57. The molecule has 3 heterocycles. The Morgan fingerprint density at radius 2 is 1.93 bits per heavy atom. The van der Waals surface area contributed by atoms with Crippen LogP contribution in [0.1, 0.15) is 11.1 Å². The normalized spacial score (nSPS) is 16.1. The molecule has 9 heteroatoms. The molecule has 3 aromatic rings. The Morgan fingerprint density at radius 1 is 1.15 bits per heavy atom. The number of thiophene rings is 1. The molecule has 0 atom stereocenters. The number of hydrogen-bond acceptors (Lipinski definition) is 6. The zero-order valence-corrected chi connectivity index (χ0v) is 16.4. The van der Waals surface area contributed by atoms with Gasteiger partial charge in [-0.2, -0.15) is 4.31 Å². The van der Waals surface area contributed by atoms with Crippen molar-refractivity contribution >= 4 is 37.4 Å². The molecular weight excluding hydrogens is 387 g/mol. The smallest absolute Gasteiger partial charge is 0.218 e. The first-order valence-electron chi connectivity index (χ1n) is 8.60. The minimum atomic E-state index is -3.57. The van der Waals surface area contributed by atoms with Gasteiger partial charge in [-0.3, -0.25) is 0 Å². The fourth-order valence-electron chi connectivity index (χ4n) is 3.24. The van der Waals surface area contributed by atoms with E-state index >= 15 is 0 Å². The van der Waals surface area contributed by atoms with Gasteiger partial charge in [-0.1, -0.05) is 12.1 Å². The molecule has 1 aliphatic rings. The van der Waals surface area contributed by atoms with Crippen molar-refractivity contribution in [3.63, 3.8) is 0 Å². The van der Waals surface area contributed by atoms with Crippen molar-refractivity contribution in [2.45, 2.75) is 12.7 Å². The van der Waals surface area contributed by atoms with Crippen molar-refractivity contribution in [3.05, 3.63) is 52.9 Å². The van der Waals surface area contributed by atoms with Crippen LogP contribution in [0.3, 0.4) is 0 Å². The summed E-state index contributed by atoms with van der Waals surface area (Å²) in [6.07, 6.45) is 1.54. The molecule has 1 fully saturated rings. The Bertz CT molecular complexity index is 1080. The summed E-state index contributed by atoms with van der Waals surface area (Å²) in [4.78, 5) is 10.7. The number of rotatable bonds is 4. The largest absolute Gasteiger partial charge is 0.353 e. The van der Waals surface area contributed by atoms with Crippen molar-refractivity contribution in [3.8, 4) is 0 Å². The molecular formula is C18H19FN4O2S2. The van der Waals surface area contributed by atoms with E-state index in [1.165, 1.54) is 16.7 Å². The van der Waals surface area contributed by atoms with E-state index in [-0.39, 0.29) is 11.3 Å². The molecule has 0 saturated carbocycles. The molecule has 0 bridgehead atoms. The van der Waals surface area contributed by atoms with Crippen LogP contribution < -0.4 is 4.90 Å². The summed E-state index contributed by atoms with van der Waals surface area (Å²) >= 11 is 1.58. The zero-order valence-electron chi connectivity index (χ0n) is 14.8. The third-order valence-corrected chi connectivity index (χ3v) is 7.43. The lowest BCUT2D eigenvalue weighted by Gasteiger charge is -2.34. The predicted octanol–water partition coefficient (Wildman–Crippen LogP) is 2.79. The van der Waals surface area contributed by atoms with Gasteiger partial charge in [0.2, 0.25) is 10.0 Å². The maximum Gasteiger partial charge on any atom is 0.218 e. The molecule has 0 radical (unpaired) electrons. The first-order chi connectivity index (χ1) is 12.9. The summed E-state index contributed by atoms with van der Waals surface area (Å²) < 4.78 is 41.9. The van der Waals surface area contributed by atoms with Crippen LogP contribution in [0.25, 0.3) is 10.2 Å². The van der Waals surface area contributed by atoms with E-state index in [4.69, 9.17) is 0 Å². The lowest BCUT2D eigenvalue weighted by atomic mass is 10.2. The number of anilines is 1. The number of hydrogen-bond donors (Lipinski definition) is 0. The van der Waals surface area contributed by atoms with Crippen LogP contribution in [0.2, 0.25) is 0 Å². The van der Waals surface area contributed by atoms with Crippen LogP contribution in [-0.2, 0) is 15.8 Å². The number of sulfonamides is 1. The van der Waals surface area contributed by atoms with Crippen LogP contribution in [0.15, 0.2) is 36.0 Å². The van der Waals surface area contributed by atoms with Crippen LogP contribution in [0.5, 0.6) is 0 Å². The van der Waals surface area contributed by atoms with E-state index in [0.29, 0.717) is 26.2 Å². The van der Waals surface area contributed by atoms with E-state index in [0.717, 1.165) is 21.6 Å². The summed E-state index contributed by atoms with van der Waals surface area (Å²) in [5.74, 6) is 0.0526. The Hall–Kier alpha value is -2.10.